The van der Waals surface area contributed by atoms with Gasteiger partial charge in [-0.25, -0.2) is 5.43 Å². The van der Waals surface area contributed by atoms with Gasteiger partial charge in [-0.3, -0.25) is 4.79 Å². The fourth-order valence-electron chi connectivity index (χ4n) is 2.90. The molecular formula is C23H19BrN2O4. The standard InChI is InChI=1S/C23H19BrN2O4/c24-19-10-18(7-8-20(19)28-14-16-4-2-1-3-5-16)13-25-26-23(27)12-17-6-9-21-22(11-17)30-15-29-21/h1-11,13H,12,14-15H2,(H,26,27)/b25-13-. The molecule has 3 aromatic carbocycles. The average molecular weight is 467 g/mol. The summed E-state index contributed by atoms with van der Waals surface area (Å²) in [5.74, 6) is 1.87. The fraction of sp³-hybridized carbons (Fsp3) is 0.130. The first kappa shape index (κ1) is 20.0. The van der Waals surface area contributed by atoms with E-state index in [0.29, 0.717) is 18.1 Å². The van der Waals surface area contributed by atoms with Crippen molar-refractivity contribution in [1.82, 2.24) is 5.43 Å². The quantitative estimate of drug-likeness (QED) is 0.412. The smallest absolute Gasteiger partial charge is 0.244 e. The molecule has 0 aliphatic carbocycles. The highest BCUT2D eigenvalue weighted by Crippen LogP contribution is 2.32. The van der Waals surface area contributed by atoms with Crippen molar-refractivity contribution in [2.75, 3.05) is 6.79 Å². The third-order valence-corrected chi connectivity index (χ3v) is 5.02. The van der Waals surface area contributed by atoms with Crippen molar-refractivity contribution in [3.63, 3.8) is 0 Å². The second-order valence-electron chi connectivity index (χ2n) is 6.62. The number of hydrogen-bond donors (Lipinski definition) is 1. The van der Waals surface area contributed by atoms with Crippen LogP contribution in [0, 0.1) is 0 Å². The second kappa shape index (κ2) is 9.45. The van der Waals surface area contributed by atoms with Gasteiger partial charge in [0.15, 0.2) is 11.5 Å². The van der Waals surface area contributed by atoms with Gasteiger partial charge in [0.25, 0.3) is 0 Å². The second-order valence-corrected chi connectivity index (χ2v) is 7.48. The van der Waals surface area contributed by atoms with E-state index in [0.717, 1.165) is 26.9 Å². The van der Waals surface area contributed by atoms with E-state index in [9.17, 15) is 4.79 Å². The van der Waals surface area contributed by atoms with Crippen LogP contribution in [0.2, 0.25) is 0 Å². The Kier molecular flexibility index (Phi) is 6.29. The van der Waals surface area contributed by atoms with Gasteiger partial charge in [0.2, 0.25) is 12.7 Å². The molecule has 1 amide bonds. The van der Waals surface area contributed by atoms with E-state index >= 15 is 0 Å². The molecule has 4 rings (SSSR count). The number of nitrogens with zero attached hydrogens (tertiary/aromatic N) is 1. The molecular weight excluding hydrogens is 448 g/mol. The highest BCUT2D eigenvalue weighted by molar-refractivity contribution is 9.10. The number of fused-ring (bicyclic) bond motifs is 1. The Bertz CT molecular complexity index is 1070. The highest BCUT2D eigenvalue weighted by atomic mass is 79.9. The number of rotatable bonds is 7. The van der Waals surface area contributed by atoms with Gasteiger partial charge in [0.05, 0.1) is 17.1 Å². The summed E-state index contributed by atoms with van der Waals surface area (Å²) in [4.78, 5) is 12.1. The molecule has 30 heavy (non-hydrogen) atoms. The van der Waals surface area contributed by atoms with Crippen molar-refractivity contribution >= 4 is 28.1 Å². The van der Waals surface area contributed by atoms with Crippen molar-refractivity contribution in [1.29, 1.82) is 0 Å². The molecule has 1 N–H and O–H groups in total. The van der Waals surface area contributed by atoms with Crippen molar-refractivity contribution in [2.24, 2.45) is 5.10 Å². The summed E-state index contributed by atoms with van der Waals surface area (Å²) in [6.45, 7) is 0.698. The highest BCUT2D eigenvalue weighted by Gasteiger charge is 2.14. The molecule has 0 fully saturated rings. The van der Waals surface area contributed by atoms with Crippen molar-refractivity contribution in [2.45, 2.75) is 13.0 Å². The lowest BCUT2D eigenvalue weighted by Gasteiger charge is -2.08. The maximum Gasteiger partial charge on any atom is 0.244 e. The minimum atomic E-state index is -0.216. The van der Waals surface area contributed by atoms with Crippen LogP contribution < -0.4 is 19.6 Å². The monoisotopic (exact) mass is 466 g/mol. The maximum atomic E-state index is 12.1. The first-order chi connectivity index (χ1) is 14.7. The molecule has 0 unspecified atom stereocenters. The Labute approximate surface area is 182 Å². The molecule has 152 valence electrons. The molecule has 1 heterocycles. The molecule has 0 saturated carbocycles. The van der Waals surface area contributed by atoms with Gasteiger partial charge in [-0.05, 0) is 63.0 Å². The van der Waals surface area contributed by atoms with E-state index in [1.54, 1.807) is 18.3 Å². The van der Waals surface area contributed by atoms with E-state index in [1.807, 2.05) is 54.6 Å². The Morgan fingerprint density at radius 1 is 1.03 bits per heavy atom. The Morgan fingerprint density at radius 2 is 1.87 bits per heavy atom. The topological polar surface area (TPSA) is 69.2 Å². The molecule has 0 bridgehead atoms. The number of nitrogens with one attached hydrogen (secondary N) is 1. The summed E-state index contributed by atoms with van der Waals surface area (Å²) >= 11 is 3.51. The van der Waals surface area contributed by atoms with Gasteiger partial charge < -0.3 is 14.2 Å². The van der Waals surface area contributed by atoms with E-state index in [4.69, 9.17) is 14.2 Å². The molecule has 0 aromatic heterocycles. The molecule has 0 atom stereocenters. The van der Waals surface area contributed by atoms with Crippen LogP contribution in [0.4, 0.5) is 0 Å². The SMILES string of the molecule is O=C(Cc1ccc2c(c1)OCO2)N/N=C\c1ccc(OCc2ccccc2)c(Br)c1. The lowest BCUT2D eigenvalue weighted by molar-refractivity contribution is -0.120. The number of halogens is 1. The Balaban J connectivity index is 1.29. The molecule has 0 spiro atoms. The number of hydrogen-bond acceptors (Lipinski definition) is 5. The number of amides is 1. The van der Waals surface area contributed by atoms with Gasteiger partial charge in [-0.2, -0.15) is 5.10 Å². The first-order valence-corrected chi connectivity index (χ1v) is 10.1. The van der Waals surface area contributed by atoms with Crippen LogP contribution >= 0.6 is 15.9 Å². The molecule has 1 aliphatic heterocycles. The summed E-state index contributed by atoms with van der Waals surface area (Å²) in [5.41, 5.74) is 5.30. The number of ether oxygens (including phenoxy) is 3. The minimum Gasteiger partial charge on any atom is -0.488 e. The number of carbonyl (C=O) groups excluding carboxylic acids is 1. The van der Waals surface area contributed by atoms with Gasteiger partial charge in [0, 0.05) is 0 Å². The van der Waals surface area contributed by atoms with Crippen molar-refractivity contribution < 1.29 is 19.0 Å². The van der Waals surface area contributed by atoms with Crippen LogP contribution in [-0.2, 0) is 17.8 Å². The zero-order chi connectivity index (χ0) is 20.8. The molecule has 3 aromatic rings. The summed E-state index contributed by atoms with van der Waals surface area (Å²) < 4.78 is 17.2. The van der Waals surface area contributed by atoms with Crippen LogP contribution in [0.25, 0.3) is 0 Å². The largest absolute Gasteiger partial charge is 0.488 e. The summed E-state index contributed by atoms with van der Waals surface area (Å²) in [6, 6.07) is 21.0. The predicted molar refractivity (Wildman–Crippen MR) is 117 cm³/mol. The van der Waals surface area contributed by atoms with Crippen LogP contribution in [0.3, 0.4) is 0 Å². The van der Waals surface area contributed by atoms with Crippen LogP contribution in [0.15, 0.2) is 76.3 Å². The van der Waals surface area contributed by atoms with Crippen LogP contribution in [-0.4, -0.2) is 18.9 Å². The third-order valence-electron chi connectivity index (χ3n) is 4.40. The van der Waals surface area contributed by atoms with Crippen molar-refractivity contribution in [3.8, 4) is 17.2 Å². The zero-order valence-electron chi connectivity index (χ0n) is 16.0. The lowest BCUT2D eigenvalue weighted by atomic mass is 10.1. The summed E-state index contributed by atoms with van der Waals surface area (Å²) in [6.07, 6.45) is 1.78. The normalized spacial score (nSPS) is 12.2. The van der Waals surface area contributed by atoms with E-state index in [2.05, 4.69) is 26.5 Å². The van der Waals surface area contributed by atoms with E-state index in [1.165, 1.54) is 0 Å². The van der Waals surface area contributed by atoms with Crippen LogP contribution in [0.1, 0.15) is 16.7 Å². The molecule has 0 radical (unpaired) electrons. The van der Waals surface area contributed by atoms with E-state index in [-0.39, 0.29) is 19.1 Å². The lowest BCUT2D eigenvalue weighted by Crippen LogP contribution is -2.19. The minimum absolute atomic E-state index is 0.198. The van der Waals surface area contributed by atoms with E-state index < -0.39 is 0 Å². The number of carbonyl (C=O) groups is 1. The maximum absolute atomic E-state index is 12.1. The third kappa shape index (κ3) is 5.18. The van der Waals surface area contributed by atoms with Gasteiger partial charge >= 0.3 is 0 Å². The fourth-order valence-corrected chi connectivity index (χ4v) is 3.42. The zero-order valence-corrected chi connectivity index (χ0v) is 17.6. The van der Waals surface area contributed by atoms with Crippen molar-refractivity contribution in [3.05, 3.63) is 87.9 Å². The Hall–Kier alpha value is -3.32. The summed E-state index contributed by atoms with van der Waals surface area (Å²) in [7, 11) is 0. The van der Waals surface area contributed by atoms with Gasteiger partial charge in [-0.15, -0.1) is 0 Å². The predicted octanol–water partition coefficient (Wildman–Crippen LogP) is 4.45. The molecule has 1 aliphatic rings. The molecule has 0 saturated heterocycles. The van der Waals surface area contributed by atoms with Gasteiger partial charge in [0.1, 0.15) is 12.4 Å². The number of benzene rings is 3. The van der Waals surface area contributed by atoms with Gasteiger partial charge in [-0.1, -0.05) is 36.4 Å². The molecule has 6 nitrogen and oxygen atoms in total. The number of hydrazone groups is 1. The summed E-state index contributed by atoms with van der Waals surface area (Å²) in [5, 5.41) is 4.03. The van der Waals surface area contributed by atoms with Crippen LogP contribution in [0.5, 0.6) is 17.2 Å². The molecule has 7 heteroatoms. The Morgan fingerprint density at radius 3 is 2.70 bits per heavy atom. The average Bonchev–Trinajstić information content (AvgIpc) is 3.22. The first-order valence-electron chi connectivity index (χ1n) is 9.34.